The number of carbonyl (C=O) groups is 2. The van der Waals surface area contributed by atoms with E-state index in [2.05, 4.69) is 5.32 Å². The van der Waals surface area contributed by atoms with Crippen LogP contribution in [-0.4, -0.2) is 38.3 Å². The van der Waals surface area contributed by atoms with Crippen LogP contribution in [0.15, 0.2) is 42.5 Å². The average Bonchev–Trinajstić information content (AvgIpc) is 3.31. The van der Waals surface area contributed by atoms with E-state index in [0.717, 1.165) is 11.3 Å². The number of hydrogen-bond acceptors (Lipinski definition) is 5. The van der Waals surface area contributed by atoms with Gasteiger partial charge in [-0.25, -0.2) is 0 Å². The molecule has 0 aliphatic carbocycles. The largest absolute Gasteiger partial charge is 0.484 e. The molecule has 0 spiro atoms. The monoisotopic (exact) mass is 382 g/mol. The summed E-state index contributed by atoms with van der Waals surface area (Å²) in [6.07, 6.45) is 0.396. The number of carbonyl (C=O) groups excluding carboxylic acids is 2. The summed E-state index contributed by atoms with van der Waals surface area (Å²) in [6, 6.07) is 13.0. The van der Waals surface area contributed by atoms with Gasteiger partial charge in [0.25, 0.3) is 5.91 Å². The first-order valence-electron chi connectivity index (χ1n) is 9.24. The number of nitrogens with one attached hydrogen (secondary N) is 1. The van der Waals surface area contributed by atoms with Gasteiger partial charge in [-0.3, -0.25) is 9.59 Å². The number of nitrogens with zero attached hydrogens (tertiary/aromatic N) is 1. The summed E-state index contributed by atoms with van der Waals surface area (Å²) in [5.74, 6) is 1.89. The van der Waals surface area contributed by atoms with Crippen molar-refractivity contribution in [2.75, 3.05) is 31.4 Å². The van der Waals surface area contributed by atoms with Crippen molar-refractivity contribution >= 4 is 17.5 Å². The molecule has 0 aromatic heterocycles. The lowest BCUT2D eigenvalue weighted by Crippen LogP contribution is -2.34. The zero-order valence-corrected chi connectivity index (χ0v) is 15.6. The number of aryl methyl sites for hydroxylation is 1. The lowest BCUT2D eigenvalue weighted by Gasteiger charge is -2.17. The highest BCUT2D eigenvalue weighted by Gasteiger charge is 2.31. The van der Waals surface area contributed by atoms with Crippen LogP contribution in [0.25, 0.3) is 0 Å². The van der Waals surface area contributed by atoms with E-state index in [1.165, 1.54) is 0 Å². The van der Waals surface area contributed by atoms with Gasteiger partial charge in [-0.15, -0.1) is 0 Å². The highest BCUT2D eigenvalue weighted by Crippen LogP contribution is 2.37. The quantitative estimate of drug-likeness (QED) is 0.829. The molecule has 0 saturated carbocycles. The molecule has 2 aromatic rings. The zero-order chi connectivity index (χ0) is 19.5. The molecule has 2 amide bonds. The molecule has 1 N–H and O–H groups in total. The second-order valence-electron chi connectivity index (χ2n) is 7.02. The van der Waals surface area contributed by atoms with Crippen molar-refractivity contribution in [3.05, 3.63) is 48.0 Å². The van der Waals surface area contributed by atoms with Gasteiger partial charge in [-0.05, 0) is 31.2 Å². The minimum Gasteiger partial charge on any atom is -0.484 e. The maximum Gasteiger partial charge on any atom is 0.257 e. The van der Waals surface area contributed by atoms with E-state index in [4.69, 9.17) is 14.2 Å². The molecule has 7 heteroatoms. The van der Waals surface area contributed by atoms with Crippen molar-refractivity contribution < 1.29 is 23.8 Å². The van der Waals surface area contributed by atoms with Crippen LogP contribution in [0.4, 0.5) is 5.69 Å². The average molecular weight is 382 g/mol. The van der Waals surface area contributed by atoms with Crippen LogP contribution in [0.1, 0.15) is 12.0 Å². The Hall–Kier alpha value is -3.22. The van der Waals surface area contributed by atoms with E-state index in [1.54, 1.807) is 4.90 Å². The van der Waals surface area contributed by atoms with Crippen molar-refractivity contribution in [2.45, 2.75) is 13.3 Å². The number of rotatable bonds is 6. The Labute approximate surface area is 163 Å². The van der Waals surface area contributed by atoms with Crippen molar-refractivity contribution in [1.82, 2.24) is 5.32 Å². The normalized spacial score (nSPS) is 17.7. The molecule has 28 heavy (non-hydrogen) atoms. The highest BCUT2D eigenvalue weighted by molar-refractivity contribution is 5.96. The van der Waals surface area contributed by atoms with Gasteiger partial charge in [0.15, 0.2) is 18.1 Å². The zero-order valence-electron chi connectivity index (χ0n) is 15.6. The van der Waals surface area contributed by atoms with E-state index < -0.39 is 0 Å². The summed E-state index contributed by atoms with van der Waals surface area (Å²) in [5.41, 5.74) is 1.92. The highest BCUT2D eigenvalue weighted by atomic mass is 16.7. The second kappa shape index (κ2) is 7.80. The van der Waals surface area contributed by atoms with E-state index in [-0.39, 0.29) is 31.1 Å². The van der Waals surface area contributed by atoms with Crippen LogP contribution in [-0.2, 0) is 9.59 Å². The van der Waals surface area contributed by atoms with E-state index >= 15 is 0 Å². The molecule has 0 radical (unpaired) electrons. The Morgan fingerprint density at radius 1 is 1.18 bits per heavy atom. The number of amides is 2. The molecule has 2 aromatic carbocycles. The summed E-state index contributed by atoms with van der Waals surface area (Å²) < 4.78 is 16.2. The van der Waals surface area contributed by atoms with Gasteiger partial charge in [-0.2, -0.15) is 0 Å². The molecule has 1 saturated heterocycles. The Balaban J connectivity index is 1.26. The molecular weight excluding hydrogens is 360 g/mol. The van der Waals surface area contributed by atoms with Crippen LogP contribution in [0.3, 0.4) is 0 Å². The third-order valence-electron chi connectivity index (χ3n) is 4.85. The van der Waals surface area contributed by atoms with Crippen LogP contribution in [0, 0.1) is 12.8 Å². The molecule has 2 aliphatic rings. The van der Waals surface area contributed by atoms with E-state index in [9.17, 15) is 9.59 Å². The molecule has 0 unspecified atom stereocenters. The summed E-state index contributed by atoms with van der Waals surface area (Å²) in [7, 11) is 0. The molecule has 4 rings (SSSR count). The Bertz CT molecular complexity index is 881. The minimum absolute atomic E-state index is 0.0361. The summed E-state index contributed by atoms with van der Waals surface area (Å²) >= 11 is 0. The molecule has 146 valence electrons. The number of anilines is 1. The third kappa shape index (κ3) is 4.03. The van der Waals surface area contributed by atoms with Gasteiger partial charge < -0.3 is 24.4 Å². The maximum absolute atomic E-state index is 12.4. The van der Waals surface area contributed by atoms with Gasteiger partial charge in [0.05, 0.1) is 0 Å². The van der Waals surface area contributed by atoms with Crippen LogP contribution in [0.2, 0.25) is 0 Å². The number of ether oxygens (including phenoxy) is 3. The first-order valence-corrected chi connectivity index (χ1v) is 9.24. The molecule has 2 heterocycles. The fourth-order valence-electron chi connectivity index (χ4n) is 3.31. The van der Waals surface area contributed by atoms with Crippen LogP contribution < -0.4 is 24.4 Å². The van der Waals surface area contributed by atoms with Crippen molar-refractivity contribution in [2.24, 2.45) is 5.92 Å². The standard InChI is InChI=1S/C21H22N2O5/c1-14-2-5-17(6-3-14)26-12-20(24)22-10-15-8-21(25)23(11-15)16-4-7-18-19(9-16)28-13-27-18/h2-7,9,15H,8,10-13H2,1H3,(H,22,24)/t15-/m0/s1. The predicted molar refractivity (Wildman–Crippen MR) is 103 cm³/mol. The van der Waals surface area contributed by atoms with E-state index in [1.807, 2.05) is 49.4 Å². The number of hydrogen-bond donors (Lipinski definition) is 1. The molecule has 0 bridgehead atoms. The van der Waals surface area contributed by atoms with Gasteiger partial charge in [0, 0.05) is 37.2 Å². The van der Waals surface area contributed by atoms with Crippen molar-refractivity contribution in [3.63, 3.8) is 0 Å². The first kappa shape index (κ1) is 18.2. The van der Waals surface area contributed by atoms with Crippen LogP contribution >= 0.6 is 0 Å². The predicted octanol–water partition coefficient (Wildman–Crippen LogP) is 2.27. The van der Waals surface area contributed by atoms with Crippen molar-refractivity contribution in [1.29, 1.82) is 0 Å². The summed E-state index contributed by atoms with van der Waals surface area (Å²) in [5, 5.41) is 2.85. The molecule has 2 aliphatic heterocycles. The Morgan fingerprint density at radius 2 is 1.96 bits per heavy atom. The van der Waals surface area contributed by atoms with Gasteiger partial charge in [-0.1, -0.05) is 17.7 Å². The number of fused-ring (bicyclic) bond motifs is 1. The van der Waals surface area contributed by atoms with Gasteiger partial charge in [0.2, 0.25) is 12.7 Å². The van der Waals surface area contributed by atoms with Gasteiger partial charge in [0.1, 0.15) is 5.75 Å². The lowest BCUT2D eigenvalue weighted by atomic mass is 10.1. The van der Waals surface area contributed by atoms with Crippen LogP contribution in [0.5, 0.6) is 17.2 Å². The fraction of sp³-hybridized carbons (Fsp3) is 0.333. The van der Waals surface area contributed by atoms with Crippen molar-refractivity contribution in [3.8, 4) is 17.2 Å². The number of benzene rings is 2. The third-order valence-corrected chi connectivity index (χ3v) is 4.85. The molecular formula is C21H22N2O5. The molecule has 1 fully saturated rings. The summed E-state index contributed by atoms with van der Waals surface area (Å²) in [4.78, 5) is 26.1. The fourth-order valence-corrected chi connectivity index (χ4v) is 3.31. The SMILES string of the molecule is Cc1ccc(OCC(=O)NC[C@@H]2CC(=O)N(c3ccc4c(c3)OCO4)C2)cc1. The molecule has 7 nitrogen and oxygen atoms in total. The first-order chi connectivity index (χ1) is 13.6. The van der Waals surface area contributed by atoms with E-state index in [0.29, 0.717) is 36.8 Å². The Morgan fingerprint density at radius 3 is 2.79 bits per heavy atom. The molecule has 1 atom stereocenters. The minimum atomic E-state index is -0.199. The lowest BCUT2D eigenvalue weighted by molar-refractivity contribution is -0.123. The van der Waals surface area contributed by atoms with Gasteiger partial charge >= 0.3 is 0 Å². The second-order valence-corrected chi connectivity index (χ2v) is 7.02. The summed E-state index contributed by atoms with van der Waals surface area (Å²) in [6.45, 7) is 3.13. The Kier molecular flexibility index (Phi) is 5.06. The topological polar surface area (TPSA) is 77.1 Å². The smallest absolute Gasteiger partial charge is 0.257 e. The maximum atomic E-state index is 12.4.